The van der Waals surface area contributed by atoms with Gasteiger partial charge in [0.05, 0.1) is 12.7 Å². The summed E-state index contributed by atoms with van der Waals surface area (Å²) in [6, 6.07) is 17.6. The van der Waals surface area contributed by atoms with Crippen molar-refractivity contribution in [3.63, 3.8) is 0 Å². The monoisotopic (exact) mass is 464 g/mol. The summed E-state index contributed by atoms with van der Waals surface area (Å²) in [5, 5.41) is 0. The van der Waals surface area contributed by atoms with Gasteiger partial charge in [0.1, 0.15) is 22.8 Å². The first kappa shape index (κ1) is 19.9. The number of Topliss-reactive ketones (excluding diaryl/α,β-unsaturated/α-hetero) is 1. The van der Waals surface area contributed by atoms with Crippen molar-refractivity contribution in [3.8, 4) is 17.2 Å². The molecule has 30 heavy (non-hydrogen) atoms. The lowest BCUT2D eigenvalue weighted by Gasteiger charge is -2.11. The fraction of sp³-hybridized carbons (Fsp3) is 0.0833. The van der Waals surface area contributed by atoms with Gasteiger partial charge in [-0.2, -0.15) is 0 Å². The molecule has 0 bridgehead atoms. The second kappa shape index (κ2) is 8.16. The summed E-state index contributed by atoms with van der Waals surface area (Å²) in [4.78, 5) is 25.4. The number of para-hydroxylation sites is 1. The highest BCUT2D eigenvalue weighted by Crippen LogP contribution is 2.39. The highest BCUT2D eigenvalue weighted by Gasteiger charge is 2.30. The van der Waals surface area contributed by atoms with E-state index < -0.39 is 5.97 Å². The second-order valence-electron chi connectivity index (χ2n) is 6.65. The van der Waals surface area contributed by atoms with Crippen molar-refractivity contribution < 1.29 is 23.8 Å². The first-order valence-corrected chi connectivity index (χ1v) is 9.96. The van der Waals surface area contributed by atoms with E-state index in [1.165, 1.54) is 7.11 Å². The van der Waals surface area contributed by atoms with Crippen LogP contribution >= 0.6 is 15.9 Å². The summed E-state index contributed by atoms with van der Waals surface area (Å²) in [6.07, 6.45) is 1.69. The van der Waals surface area contributed by atoms with Gasteiger partial charge in [-0.15, -0.1) is 0 Å². The summed E-state index contributed by atoms with van der Waals surface area (Å²) in [5.74, 6) is 0.608. The fourth-order valence-electron chi connectivity index (χ4n) is 3.16. The molecule has 0 aromatic heterocycles. The topological polar surface area (TPSA) is 61.8 Å². The van der Waals surface area contributed by atoms with Crippen LogP contribution in [-0.2, 0) is 0 Å². The Kier molecular flexibility index (Phi) is 5.42. The number of carbonyl (C=O) groups excluding carboxylic acids is 2. The predicted octanol–water partition coefficient (Wildman–Crippen LogP) is 5.60. The summed E-state index contributed by atoms with van der Waals surface area (Å²) >= 11 is 3.39. The standard InChI is InChI=1S/C24H17BrO5/c1-14-19(30-24(27)17-5-3-4-6-20(17)28-2)12-11-18-22(26)21(29-23(14)18)13-15-7-9-16(25)10-8-15/h3-13H,1-2H3/b21-13-. The molecule has 150 valence electrons. The molecular formula is C24H17BrO5. The van der Waals surface area contributed by atoms with E-state index >= 15 is 0 Å². The number of methoxy groups -OCH3 is 1. The zero-order valence-electron chi connectivity index (χ0n) is 16.3. The minimum atomic E-state index is -0.551. The Morgan fingerprint density at radius 3 is 2.47 bits per heavy atom. The van der Waals surface area contributed by atoms with E-state index in [1.807, 2.05) is 24.3 Å². The maximum absolute atomic E-state index is 12.7. The Balaban J connectivity index is 1.62. The van der Waals surface area contributed by atoms with Crippen LogP contribution in [0.4, 0.5) is 0 Å². The van der Waals surface area contributed by atoms with Gasteiger partial charge in [-0.25, -0.2) is 4.79 Å². The second-order valence-corrected chi connectivity index (χ2v) is 7.56. The maximum atomic E-state index is 12.7. The van der Waals surface area contributed by atoms with Crippen LogP contribution in [0.5, 0.6) is 17.2 Å². The van der Waals surface area contributed by atoms with Crippen LogP contribution in [0.1, 0.15) is 31.8 Å². The summed E-state index contributed by atoms with van der Waals surface area (Å²) in [5.41, 5.74) is 2.17. The Labute approximate surface area is 182 Å². The van der Waals surface area contributed by atoms with Gasteiger partial charge in [-0.1, -0.05) is 40.2 Å². The molecular weight excluding hydrogens is 448 g/mol. The molecule has 0 unspecified atom stereocenters. The molecule has 1 aliphatic rings. The van der Waals surface area contributed by atoms with Crippen LogP contribution in [0.25, 0.3) is 6.08 Å². The zero-order valence-corrected chi connectivity index (χ0v) is 17.9. The number of halogens is 1. The van der Waals surface area contributed by atoms with Gasteiger partial charge in [0.2, 0.25) is 5.78 Å². The van der Waals surface area contributed by atoms with Crippen molar-refractivity contribution in [2.24, 2.45) is 0 Å². The van der Waals surface area contributed by atoms with Crippen LogP contribution < -0.4 is 14.2 Å². The molecule has 0 atom stereocenters. The molecule has 0 N–H and O–H groups in total. The van der Waals surface area contributed by atoms with Crippen LogP contribution in [0, 0.1) is 6.92 Å². The van der Waals surface area contributed by atoms with Crippen LogP contribution in [0.3, 0.4) is 0 Å². The average molecular weight is 465 g/mol. The number of hydrogen-bond donors (Lipinski definition) is 0. The number of fused-ring (bicyclic) bond motifs is 1. The third kappa shape index (κ3) is 3.74. The number of rotatable bonds is 4. The largest absolute Gasteiger partial charge is 0.496 e. The van der Waals surface area contributed by atoms with Crippen molar-refractivity contribution in [1.82, 2.24) is 0 Å². The molecule has 0 radical (unpaired) electrons. The third-order valence-corrected chi connectivity index (χ3v) is 5.26. The first-order chi connectivity index (χ1) is 14.5. The van der Waals surface area contributed by atoms with Crippen molar-refractivity contribution in [2.75, 3.05) is 7.11 Å². The molecule has 1 heterocycles. The van der Waals surface area contributed by atoms with Gasteiger partial charge in [0.15, 0.2) is 5.76 Å². The number of carbonyl (C=O) groups is 2. The average Bonchev–Trinajstić information content (AvgIpc) is 3.07. The number of ketones is 1. The molecule has 0 fully saturated rings. The van der Waals surface area contributed by atoms with Gasteiger partial charge in [0.25, 0.3) is 0 Å². The van der Waals surface area contributed by atoms with E-state index in [1.54, 1.807) is 49.4 Å². The molecule has 4 rings (SSSR count). The Morgan fingerprint density at radius 1 is 1.00 bits per heavy atom. The molecule has 0 saturated heterocycles. The highest BCUT2D eigenvalue weighted by atomic mass is 79.9. The summed E-state index contributed by atoms with van der Waals surface area (Å²) < 4.78 is 17.6. The number of ether oxygens (including phenoxy) is 3. The van der Waals surface area contributed by atoms with Crippen molar-refractivity contribution in [1.29, 1.82) is 0 Å². The molecule has 3 aromatic rings. The number of allylic oxidation sites excluding steroid dienone is 1. The zero-order chi connectivity index (χ0) is 21.3. The van der Waals surface area contributed by atoms with E-state index in [9.17, 15) is 9.59 Å². The van der Waals surface area contributed by atoms with Crippen molar-refractivity contribution in [2.45, 2.75) is 6.92 Å². The molecule has 0 spiro atoms. The molecule has 0 aliphatic carbocycles. The van der Waals surface area contributed by atoms with E-state index in [-0.39, 0.29) is 11.5 Å². The lowest BCUT2D eigenvalue weighted by atomic mass is 10.1. The van der Waals surface area contributed by atoms with E-state index in [2.05, 4.69) is 15.9 Å². The molecule has 0 saturated carbocycles. The predicted molar refractivity (Wildman–Crippen MR) is 116 cm³/mol. The summed E-state index contributed by atoms with van der Waals surface area (Å²) in [6.45, 7) is 1.75. The van der Waals surface area contributed by atoms with Gasteiger partial charge in [0, 0.05) is 10.0 Å². The van der Waals surface area contributed by atoms with Crippen LogP contribution in [0.2, 0.25) is 0 Å². The summed E-state index contributed by atoms with van der Waals surface area (Å²) in [7, 11) is 1.49. The number of esters is 1. The van der Waals surface area contributed by atoms with Crippen LogP contribution in [0.15, 0.2) is 70.9 Å². The first-order valence-electron chi connectivity index (χ1n) is 9.16. The molecule has 6 heteroatoms. The Morgan fingerprint density at radius 2 is 1.73 bits per heavy atom. The van der Waals surface area contributed by atoms with Gasteiger partial charge >= 0.3 is 5.97 Å². The number of benzene rings is 3. The van der Waals surface area contributed by atoms with E-state index in [0.717, 1.165) is 10.0 Å². The smallest absolute Gasteiger partial charge is 0.347 e. The minimum Gasteiger partial charge on any atom is -0.496 e. The fourth-order valence-corrected chi connectivity index (χ4v) is 3.42. The van der Waals surface area contributed by atoms with Crippen LogP contribution in [-0.4, -0.2) is 18.9 Å². The third-order valence-electron chi connectivity index (χ3n) is 4.73. The Bertz CT molecular complexity index is 1180. The quantitative estimate of drug-likeness (QED) is 0.285. The maximum Gasteiger partial charge on any atom is 0.347 e. The van der Waals surface area contributed by atoms with Crippen molar-refractivity contribution in [3.05, 3.63) is 93.1 Å². The normalized spacial score (nSPS) is 13.7. The molecule has 3 aromatic carbocycles. The van der Waals surface area contributed by atoms with Crippen molar-refractivity contribution >= 4 is 33.8 Å². The van der Waals surface area contributed by atoms with Gasteiger partial charge in [-0.3, -0.25) is 4.79 Å². The van der Waals surface area contributed by atoms with E-state index in [0.29, 0.717) is 33.9 Å². The van der Waals surface area contributed by atoms with Gasteiger partial charge < -0.3 is 14.2 Å². The number of hydrogen-bond acceptors (Lipinski definition) is 5. The Hall–Kier alpha value is -3.38. The van der Waals surface area contributed by atoms with E-state index in [4.69, 9.17) is 14.2 Å². The lowest BCUT2D eigenvalue weighted by Crippen LogP contribution is -2.11. The minimum absolute atomic E-state index is 0.210. The van der Waals surface area contributed by atoms with Gasteiger partial charge in [-0.05, 0) is 55.0 Å². The highest BCUT2D eigenvalue weighted by molar-refractivity contribution is 9.10. The SMILES string of the molecule is COc1ccccc1C(=O)Oc1ccc2c(c1C)O/C(=C\c1ccc(Br)cc1)C2=O. The lowest BCUT2D eigenvalue weighted by molar-refractivity contribution is 0.0729. The molecule has 5 nitrogen and oxygen atoms in total. The molecule has 1 aliphatic heterocycles. The molecule has 0 amide bonds.